The molecule has 0 aliphatic rings. The Bertz CT molecular complexity index is 938. The van der Waals surface area contributed by atoms with E-state index in [1.54, 1.807) is 38.1 Å². The molecule has 2 rings (SSSR count). The molecule has 1 N–H and O–H groups in total. The predicted octanol–water partition coefficient (Wildman–Crippen LogP) is 4.17. The van der Waals surface area contributed by atoms with Crippen molar-refractivity contribution in [2.24, 2.45) is 0 Å². The molecule has 0 aromatic heterocycles. The Hall–Kier alpha value is -1.89. The molecule has 7 heteroatoms. The largest absolute Gasteiger partial charge is 0.326 e. The van der Waals surface area contributed by atoms with Crippen LogP contribution in [0, 0.1) is 13.8 Å². The number of halogens is 1. The summed E-state index contributed by atoms with van der Waals surface area (Å²) in [6.07, 6.45) is 0.116. The number of hydrogen-bond acceptors (Lipinski definition) is 3. The Kier molecular flexibility index (Phi) is 7.03. The zero-order valence-electron chi connectivity index (χ0n) is 16.0. The molecule has 0 aliphatic heterocycles. The van der Waals surface area contributed by atoms with Crippen LogP contribution in [0.5, 0.6) is 0 Å². The van der Waals surface area contributed by atoms with E-state index in [-0.39, 0.29) is 17.2 Å². The molecule has 146 valence electrons. The number of amides is 1. The number of aryl methyl sites for hydroxylation is 1. The average Bonchev–Trinajstić information content (AvgIpc) is 2.61. The minimum absolute atomic E-state index is 0.116. The van der Waals surface area contributed by atoms with Gasteiger partial charge in [0.25, 0.3) is 0 Å². The maximum Gasteiger partial charge on any atom is 0.243 e. The molecule has 2 aromatic carbocycles. The minimum Gasteiger partial charge on any atom is -0.326 e. The predicted molar refractivity (Wildman–Crippen MR) is 110 cm³/mol. The number of hydrogen-bond donors (Lipinski definition) is 1. The summed E-state index contributed by atoms with van der Waals surface area (Å²) in [6.45, 7) is 8.07. The molecule has 2 aromatic rings. The second-order valence-electron chi connectivity index (χ2n) is 6.32. The highest BCUT2D eigenvalue weighted by Gasteiger charge is 2.23. The van der Waals surface area contributed by atoms with Crippen LogP contribution in [0.25, 0.3) is 0 Å². The highest BCUT2D eigenvalue weighted by Crippen LogP contribution is 2.26. The number of carbonyl (C=O) groups excluding carboxylic acids is 1. The molecule has 5 nitrogen and oxygen atoms in total. The van der Waals surface area contributed by atoms with Crippen molar-refractivity contribution < 1.29 is 13.2 Å². The van der Waals surface area contributed by atoms with Gasteiger partial charge < -0.3 is 5.32 Å². The van der Waals surface area contributed by atoms with E-state index in [0.29, 0.717) is 23.8 Å². The van der Waals surface area contributed by atoms with Gasteiger partial charge in [-0.25, -0.2) is 8.42 Å². The van der Waals surface area contributed by atoms with Gasteiger partial charge in [0.15, 0.2) is 0 Å². The summed E-state index contributed by atoms with van der Waals surface area (Å²) >= 11 is 6.11. The molecule has 0 unspecified atom stereocenters. The summed E-state index contributed by atoms with van der Waals surface area (Å²) in [7, 11) is -3.60. The molecule has 0 heterocycles. The standard InChI is InChI=1S/C20H25ClN2O3S/c1-5-23(6-2)27(25,26)17-11-14(3)15(4)19(13-17)22-20(24)12-16-9-7-8-10-18(16)21/h7-11,13H,5-6,12H2,1-4H3,(H,22,24). The zero-order valence-corrected chi connectivity index (χ0v) is 17.6. The quantitative estimate of drug-likeness (QED) is 0.747. The van der Waals surface area contributed by atoms with Gasteiger partial charge in [-0.1, -0.05) is 43.6 Å². The van der Waals surface area contributed by atoms with Crippen LogP contribution in [-0.2, 0) is 21.2 Å². The van der Waals surface area contributed by atoms with Gasteiger partial charge in [-0.05, 0) is 48.7 Å². The second-order valence-corrected chi connectivity index (χ2v) is 8.66. The lowest BCUT2D eigenvalue weighted by molar-refractivity contribution is -0.115. The third-order valence-corrected chi connectivity index (χ3v) is 6.96. The molecule has 27 heavy (non-hydrogen) atoms. The van der Waals surface area contributed by atoms with E-state index in [1.165, 1.54) is 10.4 Å². The summed E-state index contributed by atoms with van der Waals surface area (Å²) in [5.41, 5.74) is 2.85. The lowest BCUT2D eigenvalue weighted by Gasteiger charge is -2.20. The zero-order chi connectivity index (χ0) is 20.2. The van der Waals surface area contributed by atoms with E-state index in [0.717, 1.165) is 16.7 Å². The van der Waals surface area contributed by atoms with E-state index in [4.69, 9.17) is 11.6 Å². The van der Waals surface area contributed by atoms with Crippen molar-refractivity contribution in [1.29, 1.82) is 0 Å². The van der Waals surface area contributed by atoms with Gasteiger partial charge in [-0.3, -0.25) is 4.79 Å². The van der Waals surface area contributed by atoms with Gasteiger partial charge in [0, 0.05) is 23.8 Å². The van der Waals surface area contributed by atoms with Gasteiger partial charge >= 0.3 is 0 Å². The Labute approximate surface area is 166 Å². The SMILES string of the molecule is CCN(CC)S(=O)(=O)c1cc(C)c(C)c(NC(=O)Cc2ccccc2Cl)c1. The van der Waals surface area contributed by atoms with Crippen molar-refractivity contribution in [1.82, 2.24) is 4.31 Å². The highest BCUT2D eigenvalue weighted by atomic mass is 35.5. The summed E-state index contributed by atoms with van der Waals surface area (Å²) in [6, 6.07) is 10.3. The number of sulfonamides is 1. The maximum absolute atomic E-state index is 12.8. The molecular formula is C20H25ClN2O3S. The maximum atomic E-state index is 12.8. The molecule has 0 fully saturated rings. The molecule has 0 aliphatic carbocycles. The van der Waals surface area contributed by atoms with Gasteiger partial charge in [0.05, 0.1) is 11.3 Å². The average molecular weight is 409 g/mol. The summed E-state index contributed by atoms with van der Waals surface area (Å²) in [4.78, 5) is 12.7. The molecule has 0 atom stereocenters. The normalized spacial score (nSPS) is 11.6. The van der Waals surface area contributed by atoms with Crippen molar-refractivity contribution in [3.63, 3.8) is 0 Å². The lowest BCUT2D eigenvalue weighted by Crippen LogP contribution is -2.30. The number of rotatable bonds is 7. The number of anilines is 1. The van der Waals surface area contributed by atoms with Gasteiger partial charge in [0.1, 0.15) is 0 Å². The summed E-state index contributed by atoms with van der Waals surface area (Å²) in [5.74, 6) is -0.247. The van der Waals surface area contributed by atoms with Crippen molar-refractivity contribution >= 4 is 33.2 Å². The van der Waals surface area contributed by atoms with E-state index in [1.807, 2.05) is 19.9 Å². The Balaban J connectivity index is 2.33. The van der Waals surface area contributed by atoms with Crippen molar-refractivity contribution in [3.05, 3.63) is 58.1 Å². The van der Waals surface area contributed by atoms with Gasteiger partial charge in [-0.2, -0.15) is 4.31 Å². The van der Waals surface area contributed by atoms with Gasteiger partial charge in [0.2, 0.25) is 15.9 Å². The fourth-order valence-corrected chi connectivity index (χ4v) is 4.60. The minimum atomic E-state index is -3.60. The first-order valence-electron chi connectivity index (χ1n) is 8.85. The second kappa shape index (κ2) is 8.87. The van der Waals surface area contributed by atoms with Crippen molar-refractivity contribution in [2.45, 2.75) is 39.0 Å². The van der Waals surface area contributed by atoms with Crippen LogP contribution < -0.4 is 5.32 Å². The number of nitrogens with zero attached hydrogens (tertiary/aromatic N) is 1. The molecule has 0 radical (unpaired) electrons. The smallest absolute Gasteiger partial charge is 0.243 e. The van der Waals surface area contributed by atoms with E-state index in [2.05, 4.69) is 5.32 Å². The molecule has 0 saturated heterocycles. The first-order valence-corrected chi connectivity index (χ1v) is 10.7. The van der Waals surface area contributed by atoms with Crippen LogP contribution in [0.1, 0.15) is 30.5 Å². The van der Waals surface area contributed by atoms with Crippen LogP contribution in [0.4, 0.5) is 5.69 Å². The first kappa shape index (κ1) is 21.4. The fraction of sp³-hybridized carbons (Fsp3) is 0.350. The van der Waals surface area contributed by atoms with Crippen LogP contribution in [0.15, 0.2) is 41.3 Å². The molecular weight excluding hydrogens is 384 g/mol. The van der Waals surface area contributed by atoms with E-state index in [9.17, 15) is 13.2 Å². The van der Waals surface area contributed by atoms with Crippen molar-refractivity contribution in [2.75, 3.05) is 18.4 Å². The third-order valence-electron chi connectivity index (χ3n) is 4.57. The van der Waals surface area contributed by atoms with Crippen LogP contribution in [0.3, 0.4) is 0 Å². The molecule has 1 amide bonds. The summed E-state index contributed by atoms with van der Waals surface area (Å²) < 4.78 is 27.1. The number of carbonyl (C=O) groups is 1. The highest BCUT2D eigenvalue weighted by molar-refractivity contribution is 7.89. The van der Waals surface area contributed by atoms with Crippen LogP contribution >= 0.6 is 11.6 Å². The van der Waals surface area contributed by atoms with E-state index >= 15 is 0 Å². The Morgan fingerprint density at radius 2 is 1.74 bits per heavy atom. The summed E-state index contributed by atoms with van der Waals surface area (Å²) in [5, 5.41) is 3.36. The third kappa shape index (κ3) is 4.89. The number of benzene rings is 2. The molecule has 0 spiro atoms. The van der Waals surface area contributed by atoms with Crippen molar-refractivity contribution in [3.8, 4) is 0 Å². The monoisotopic (exact) mass is 408 g/mol. The van der Waals surface area contributed by atoms with Gasteiger partial charge in [-0.15, -0.1) is 0 Å². The number of nitrogens with one attached hydrogen (secondary N) is 1. The fourth-order valence-electron chi connectivity index (χ4n) is 2.83. The topological polar surface area (TPSA) is 66.5 Å². The Morgan fingerprint density at radius 1 is 1.11 bits per heavy atom. The van der Waals surface area contributed by atoms with Crippen LogP contribution in [-0.4, -0.2) is 31.7 Å². The molecule has 0 bridgehead atoms. The lowest BCUT2D eigenvalue weighted by atomic mass is 10.1. The van der Waals surface area contributed by atoms with E-state index < -0.39 is 10.0 Å². The Morgan fingerprint density at radius 3 is 2.33 bits per heavy atom. The molecule has 0 saturated carbocycles. The first-order chi connectivity index (χ1) is 12.7. The van der Waals surface area contributed by atoms with Crippen LogP contribution in [0.2, 0.25) is 5.02 Å².